The van der Waals surface area contributed by atoms with Crippen LogP contribution in [-0.2, 0) is 5.54 Å². The first kappa shape index (κ1) is 18.7. The van der Waals surface area contributed by atoms with E-state index in [0.29, 0.717) is 25.9 Å². The van der Waals surface area contributed by atoms with E-state index < -0.39 is 11.6 Å². The summed E-state index contributed by atoms with van der Waals surface area (Å²) in [5.74, 6) is -1.07. The van der Waals surface area contributed by atoms with Gasteiger partial charge < -0.3 is 19.5 Å². The number of anilines is 1. The van der Waals surface area contributed by atoms with E-state index in [4.69, 9.17) is 4.74 Å². The normalized spacial score (nSPS) is 16.6. The lowest BCUT2D eigenvalue weighted by Gasteiger charge is -2.46. The highest BCUT2D eigenvalue weighted by Crippen LogP contribution is 2.44. The number of carbonyl (C=O) groups is 1. The number of aromatic nitrogens is 1. The average Bonchev–Trinajstić information content (AvgIpc) is 3.24. The van der Waals surface area contributed by atoms with E-state index in [-0.39, 0.29) is 17.0 Å². The lowest BCUT2D eigenvalue weighted by molar-refractivity contribution is 0.0675. The predicted octanol–water partition coefficient (Wildman–Crippen LogP) is 4.32. The van der Waals surface area contributed by atoms with Crippen molar-refractivity contribution in [2.24, 2.45) is 0 Å². The van der Waals surface area contributed by atoms with Crippen LogP contribution in [0.5, 0.6) is 5.75 Å². The molecule has 1 amide bonds. The van der Waals surface area contributed by atoms with E-state index in [1.807, 2.05) is 30.5 Å². The molecule has 1 N–H and O–H groups in total. The van der Waals surface area contributed by atoms with Crippen molar-refractivity contribution in [2.45, 2.75) is 18.4 Å². The highest BCUT2D eigenvalue weighted by molar-refractivity contribution is 5.94. The van der Waals surface area contributed by atoms with Crippen molar-refractivity contribution >= 4 is 11.6 Å². The third-order valence-electron chi connectivity index (χ3n) is 6.09. The first-order valence-electron chi connectivity index (χ1n) is 9.89. The molecule has 30 heavy (non-hydrogen) atoms. The van der Waals surface area contributed by atoms with Crippen molar-refractivity contribution in [3.63, 3.8) is 0 Å². The van der Waals surface area contributed by atoms with Crippen LogP contribution in [0, 0.1) is 11.6 Å². The van der Waals surface area contributed by atoms with E-state index in [0.717, 1.165) is 41.0 Å². The first-order valence-corrected chi connectivity index (χ1v) is 9.89. The lowest BCUT2D eigenvalue weighted by atomic mass is 9.82. The van der Waals surface area contributed by atoms with E-state index in [9.17, 15) is 13.6 Å². The van der Waals surface area contributed by atoms with Crippen LogP contribution in [0.15, 0.2) is 54.7 Å². The maximum atomic E-state index is 13.5. The molecule has 2 aliphatic rings. The van der Waals surface area contributed by atoms with Gasteiger partial charge in [0.15, 0.2) is 0 Å². The molecule has 7 heteroatoms. The first-order chi connectivity index (χ1) is 14.5. The summed E-state index contributed by atoms with van der Waals surface area (Å²) in [6.45, 7) is 0.961. The standard InChI is InChI=1S/C23H21F2N3O2/c1-30-18-4-5-20-19(14-18)26-23(21-3-2-8-28(20)21)6-9-27(10-7-23)22(29)15-11-16(24)13-17(25)12-15/h2-5,8,11-14,26H,6-7,9-10H2,1H3. The van der Waals surface area contributed by atoms with Crippen LogP contribution >= 0.6 is 0 Å². The van der Waals surface area contributed by atoms with E-state index in [1.54, 1.807) is 12.0 Å². The van der Waals surface area contributed by atoms with Gasteiger partial charge in [0.05, 0.1) is 24.0 Å². The van der Waals surface area contributed by atoms with Crippen molar-refractivity contribution in [1.82, 2.24) is 9.47 Å². The molecule has 5 rings (SSSR count). The Morgan fingerprint density at radius 3 is 2.50 bits per heavy atom. The van der Waals surface area contributed by atoms with Crippen LogP contribution in [-0.4, -0.2) is 35.6 Å². The molecule has 0 atom stereocenters. The quantitative estimate of drug-likeness (QED) is 0.686. The van der Waals surface area contributed by atoms with Gasteiger partial charge in [-0.3, -0.25) is 4.79 Å². The number of halogens is 2. The van der Waals surface area contributed by atoms with Gasteiger partial charge in [-0.2, -0.15) is 0 Å². The minimum absolute atomic E-state index is 0.0403. The van der Waals surface area contributed by atoms with Crippen LogP contribution in [0.2, 0.25) is 0 Å². The number of fused-ring (bicyclic) bond motifs is 4. The summed E-state index contributed by atoms with van der Waals surface area (Å²) in [6, 6.07) is 13.0. The SMILES string of the molecule is COc1ccc2c(c1)NC1(CCN(C(=O)c3cc(F)cc(F)c3)CC1)c1cccn1-2. The molecule has 154 valence electrons. The van der Waals surface area contributed by atoms with Gasteiger partial charge in [0.25, 0.3) is 5.91 Å². The molecule has 3 heterocycles. The Hall–Kier alpha value is -3.35. The number of nitrogens with zero attached hydrogens (tertiary/aromatic N) is 2. The van der Waals surface area contributed by atoms with Gasteiger partial charge in [-0.1, -0.05) is 0 Å². The maximum absolute atomic E-state index is 13.5. The van der Waals surface area contributed by atoms with Crippen LogP contribution in [0.1, 0.15) is 28.9 Å². The molecule has 0 unspecified atom stereocenters. The van der Waals surface area contributed by atoms with E-state index in [2.05, 4.69) is 16.0 Å². The fraction of sp³-hybridized carbons (Fsp3) is 0.261. The molecular formula is C23H21F2N3O2. The molecule has 1 aromatic heterocycles. The topological polar surface area (TPSA) is 46.5 Å². The molecule has 3 aromatic rings. The summed E-state index contributed by atoms with van der Waals surface area (Å²) < 4.78 is 34.6. The zero-order chi connectivity index (χ0) is 20.9. The number of methoxy groups -OCH3 is 1. The Labute approximate surface area is 172 Å². The lowest BCUT2D eigenvalue weighted by Crippen LogP contribution is -2.51. The van der Waals surface area contributed by atoms with Gasteiger partial charge in [0.1, 0.15) is 17.4 Å². The number of amides is 1. The Bertz CT molecular complexity index is 1110. The second-order valence-corrected chi connectivity index (χ2v) is 7.80. The molecule has 0 saturated carbocycles. The number of hydrogen-bond acceptors (Lipinski definition) is 3. The smallest absolute Gasteiger partial charge is 0.254 e. The number of benzene rings is 2. The number of piperidine rings is 1. The van der Waals surface area contributed by atoms with Gasteiger partial charge >= 0.3 is 0 Å². The molecule has 1 fully saturated rings. The Morgan fingerprint density at radius 1 is 1.07 bits per heavy atom. The Kier molecular flexibility index (Phi) is 4.27. The van der Waals surface area contributed by atoms with Crippen LogP contribution in [0.25, 0.3) is 5.69 Å². The fourth-order valence-corrected chi connectivity index (χ4v) is 4.59. The minimum atomic E-state index is -0.746. The third-order valence-corrected chi connectivity index (χ3v) is 6.09. The van der Waals surface area contributed by atoms with Crippen LogP contribution in [0.3, 0.4) is 0 Å². The average molecular weight is 409 g/mol. The number of ether oxygens (including phenoxy) is 1. The molecule has 0 radical (unpaired) electrons. The summed E-state index contributed by atoms with van der Waals surface area (Å²) in [4.78, 5) is 14.5. The van der Waals surface area contributed by atoms with Gasteiger partial charge in [-0.25, -0.2) is 8.78 Å². The molecule has 0 bridgehead atoms. The molecule has 1 spiro atoms. The number of nitrogens with one attached hydrogen (secondary N) is 1. The summed E-state index contributed by atoms with van der Waals surface area (Å²) in [6.07, 6.45) is 3.39. The van der Waals surface area contributed by atoms with Crippen molar-refractivity contribution in [3.8, 4) is 11.4 Å². The second kappa shape index (κ2) is 6.86. The minimum Gasteiger partial charge on any atom is -0.497 e. The predicted molar refractivity (Wildman–Crippen MR) is 109 cm³/mol. The van der Waals surface area contributed by atoms with Gasteiger partial charge in [0, 0.05) is 42.7 Å². The number of hydrogen-bond donors (Lipinski definition) is 1. The molecule has 2 aliphatic heterocycles. The molecule has 1 saturated heterocycles. The highest BCUT2D eigenvalue weighted by atomic mass is 19.1. The van der Waals surface area contributed by atoms with Crippen molar-refractivity contribution in [2.75, 3.05) is 25.5 Å². The van der Waals surface area contributed by atoms with Gasteiger partial charge in [-0.15, -0.1) is 0 Å². The number of likely N-dealkylation sites (tertiary alicyclic amines) is 1. The summed E-state index contributed by atoms with van der Waals surface area (Å²) in [7, 11) is 1.64. The zero-order valence-electron chi connectivity index (χ0n) is 16.5. The molecule has 0 aliphatic carbocycles. The zero-order valence-corrected chi connectivity index (χ0v) is 16.5. The largest absolute Gasteiger partial charge is 0.497 e. The summed E-state index contributed by atoms with van der Waals surface area (Å²) >= 11 is 0. The van der Waals surface area contributed by atoms with E-state index >= 15 is 0 Å². The maximum Gasteiger partial charge on any atom is 0.254 e. The second-order valence-electron chi connectivity index (χ2n) is 7.80. The van der Waals surface area contributed by atoms with E-state index in [1.165, 1.54) is 0 Å². The molecule has 2 aromatic carbocycles. The Balaban J connectivity index is 1.42. The number of rotatable bonds is 2. The number of carbonyl (C=O) groups excluding carboxylic acids is 1. The monoisotopic (exact) mass is 409 g/mol. The van der Waals surface area contributed by atoms with Crippen LogP contribution < -0.4 is 10.1 Å². The van der Waals surface area contributed by atoms with Gasteiger partial charge in [0.2, 0.25) is 0 Å². The third kappa shape index (κ3) is 2.93. The van der Waals surface area contributed by atoms with Crippen molar-refractivity contribution in [1.29, 1.82) is 0 Å². The van der Waals surface area contributed by atoms with Gasteiger partial charge in [-0.05, 0) is 49.2 Å². The van der Waals surface area contributed by atoms with Crippen LogP contribution in [0.4, 0.5) is 14.5 Å². The van der Waals surface area contributed by atoms with Crippen molar-refractivity contribution < 1.29 is 18.3 Å². The summed E-state index contributed by atoms with van der Waals surface area (Å²) in [5, 5.41) is 3.69. The highest BCUT2D eigenvalue weighted by Gasteiger charge is 2.42. The molecule has 5 nitrogen and oxygen atoms in total. The van der Waals surface area contributed by atoms with Crippen molar-refractivity contribution in [3.05, 3.63) is 77.6 Å². The summed E-state index contributed by atoms with van der Waals surface area (Å²) in [5.41, 5.74) is 2.88. The molecular weight excluding hydrogens is 388 g/mol. The Morgan fingerprint density at radius 2 is 1.80 bits per heavy atom. The fourth-order valence-electron chi connectivity index (χ4n) is 4.59.